The fourth-order valence-corrected chi connectivity index (χ4v) is 1.50. The van der Waals surface area contributed by atoms with E-state index in [4.69, 9.17) is 0 Å². The molecule has 0 bridgehead atoms. The zero-order valence-electron chi connectivity index (χ0n) is 10.6. The molecule has 0 aliphatic carbocycles. The zero-order chi connectivity index (χ0) is 13.1. The maximum atomic E-state index is 11.6. The minimum atomic E-state index is -0.0508. The van der Waals surface area contributed by atoms with Crippen molar-refractivity contribution in [3.05, 3.63) is 24.3 Å². The Bertz CT molecular complexity index is 561. The molecule has 0 fully saturated rings. The summed E-state index contributed by atoms with van der Waals surface area (Å²) >= 11 is 0. The van der Waals surface area contributed by atoms with Crippen molar-refractivity contribution in [3.63, 3.8) is 0 Å². The molecule has 1 aromatic carbocycles. The Hall–Kier alpha value is -2.24. The monoisotopic (exact) mass is 245 g/mol. The number of nitrogens with zero attached hydrogens (tertiary/aromatic N) is 4. The van der Waals surface area contributed by atoms with E-state index in [2.05, 4.69) is 20.8 Å². The third-order valence-corrected chi connectivity index (χ3v) is 2.53. The van der Waals surface area contributed by atoms with E-state index in [0.29, 0.717) is 5.82 Å². The van der Waals surface area contributed by atoms with E-state index in [1.54, 1.807) is 11.7 Å². The number of benzene rings is 1. The van der Waals surface area contributed by atoms with Crippen LogP contribution in [0.5, 0.6) is 0 Å². The van der Waals surface area contributed by atoms with E-state index in [-0.39, 0.29) is 11.8 Å². The number of carbonyl (C=O) groups excluding carboxylic acids is 1. The van der Waals surface area contributed by atoms with Gasteiger partial charge in [-0.1, -0.05) is 26.0 Å². The number of nitrogens with one attached hydrogen (secondary N) is 1. The van der Waals surface area contributed by atoms with Gasteiger partial charge in [0.25, 0.3) is 0 Å². The molecule has 1 heterocycles. The van der Waals surface area contributed by atoms with Gasteiger partial charge in [0.05, 0.1) is 0 Å². The Kier molecular flexibility index (Phi) is 3.36. The molecule has 1 N–H and O–H groups in total. The fourth-order valence-electron chi connectivity index (χ4n) is 1.50. The molecule has 0 saturated carbocycles. The first kappa shape index (κ1) is 12.2. The quantitative estimate of drug-likeness (QED) is 0.888. The minimum absolute atomic E-state index is 0.0109. The normalized spacial score (nSPS) is 10.7. The van der Waals surface area contributed by atoms with Crippen molar-refractivity contribution in [2.24, 2.45) is 13.0 Å². The second kappa shape index (κ2) is 4.95. The van der Waals surface area contributed by atoms with Gasteiger partial charge >= 0.3 is 0 Å². The summed E-state index contributed by atoms with van der Waals surface area (Å²) in [6, 6.07) is 7.45. The van der Waals surface area contributed by atoms with Crippen LogP contribution in [0.3, 0.4) is 0 Å². The van der Waals surface area contributed by atoms with E-state index in [1.165, 1.54) is 0 Å². The molecule has 0 atom stereocenters. The Labute approximate surface area is 105 Å². The van der Waals surface area contributed by atoms with Crippen molar-refractivity contribution in [1.29, 1.82) is 0 Å². The predicted molar refractivity (Wildman–Crippen MR) is 67.7 cm³/mol. The van der Waals surface area contributed by atoms with Crippen LogP contribution in [0.2, 0.25) is 0 Å². The van der Waals surface area contributed by atoms with Crippen molar-refractivity contribution >= 4 is 11.6 Å². The summed E-state index contributed by atoms with van der Waals surface area (Å²) in [7, 11) is 1.77. The van der Waals surface area contributed by atoms with Crippen molar-refractivity contribution < 1.29 is 4.79 Å². The summed E-state index contributed by atoms with van der Waals surface area (Å²) in [5.41, 5.74) is 1.61. The molecule has 0 unspecified atom stereocenters. The Morgan fingerprint density at radius 1 is 1.39 bits per heavy atom. The van der Waals surface area contributed by atoms with Gasteiger partial charge in [-0.3, -0.25) is 4.79 Å². The highest BCUT2D eigenvalue weighted by molar-refractivity contribution is 5.92. The van der Waals surface area contributed by atoms with Crippen LogP contribution >= 0.6 is 0 Å². The van der Waals surface area contributed by atoms with E-state index >= 15 is 0 Å². The first-order valence-corrected chi connectivity index (χ1v) is 5.71. The number of rotatable bonds is 3. The summed E-state index contributed by atoms with van der Waals surface area (Å²) in [5.74, 6) is 0.601. The van der Waals surface area contributed by atoms with Gasteiger partial charge in [-0.15, -0.1) is 5.10 Å². The van der Waals surface area contributed by atoms with Crippen LogP contribution in [0.1, 0.15) is 13.8 Å². The van der Waals surface area contributed by atoms with Gasteiger partial charge < -0.3 is 5.32 Å². The molecule has 0 spiro atoms. The summed E-state index contributed by atoms with van der Waals surface area (Å²) in [6.07, 6.45) is 0. The van der Waals surface area contributed by atoms with Gasteiger partial charge in [0.1, 0.15) is 0 Å². The molecule has 0 aliphatic rings. The molecule has 2 aromatic rings. The molecule has 6 heteroatoms. The number of carbonyl (C=O) groups is 1. The summed E-state index contributed by atoms with van der Waals surface area (Å²) in [4.78, 5) is 11.6. The summed E-state index contributed by atoms with van der Waals surface area (Å²) in [6.45, 7) is 3.71. The first-order valence-electron chi connectivity index (χ1n) is 5.71. The summed E-state index contributed by atoms with van der Waals surface area (Å²) in [5, 5.41) is 14.1. The molecular formula is C12H15N5O. The largest absolute Gasteiger partial charge is 0.326 e. The van der Waals surface area contributed by atoms with Gasteiger partial charge in [-0.05, 0) is 22.6 Å². The second-order valence-electron chi connectivity index (χ2n) is 4.35. The van der Waals surface area contributed by atoms with E-state index in [1.807, 2.05) is 38.1 Å². The maximum Gasteiger partial charge on any atom is 0.226 e. The van der Waals surface area contributed by atoms with Crippen molar-refractivity contribution in [2.75, 3.05) is 5.32 Å². The van der Waals surface area contributed by atoms with E-state index in [9.17, 15) is 4.79 Å². The lowest BCUT2D eigenvalue weighted by atomic mass is 10.1. The molecular weight excluding hydrogens is 230 g/mol. The smallest absolute Gasteiger partial charge is 0.226 e. The number of tetrazole rings is 1. The number of aromatic nitrogens is 4. The standard InChI is InChI=1S/C12H15N5O/c1-8(2)12(18)13-10-6-4-5-9(7-10)11-14-15-16-17(11)3/h4-8H,1-3H3,(H,13,18). The lowest BCUT2D eigenvalue weighted by Gasteiger charge is -2.08. The Balaban J connectivity index is 2.26. The number of aryl methyl sites for hydroxylation is 1. The lowest BCUT2D eigenvalue weighted by molar-refractivity contribution is -0.118. The van der Waals surface area contributed by atoms with Gasteiger partial charge in [0, 0.05) is 24.2 Å². The van der Waals surface area contributed by atoms with Crippen LogP contribution in [0.4, 0.5) is 5.69 Å². The highest BCUT2D eigenvalue weighted by atomic mass is 16.1. The fraction of sp³-hybridized carbons (Fsp3) is 0.333. The molecule has 6 nitrogen and oxygen atoms in total. The Morgan fingerprint density at radius 2 is 2.17 bits per heavy atom. The average molecular weight is 245 g/mol. The molecule has 1 aromatic heterocycles. The van der Waals surface area contributed by atoms with Crippen LogP contribution in [-0.2, 0) is 11.8 Å². The first-order chi connectivity index (χ1) is 8.58. The highest BCUT2D eigenvalue weighted by Crippen LogP contribution is 2.19. The summed E-state index contributed by atoms with van der Waals surface area (Å²) < 4.78 is 1.59. The van der Waals surface area contributed by atoms with Crippen molar-refractivity contribution in [1.82, 2.24) is 20.2 Å². The maximum absolute atomic E-state index is 11.6. The predicted octanol–water partition coefficient (Wildman–Crippen LogP) is 1.47. The Morgan fingerprint density at radius 3 is 2.78 bits per heavy atom. The molecule has 1 amide bonds. The van der Waals surface area contributed by atoms with Crippen molar-refractivity contribution in [3.8, 4) is 11.4 Å². The average Bonchev–Trinajstić information content (AvgIpc) is 2.75. The van der Waals surface area contributed by atoms with Gasteiger partial charge in [-0.2, -0.15) is 0 Å². The second-order valence-corrected chi connectivity index (χ2v) is 4.35. The van der Waals surface area contributed by atoms with Crippen LogP contribution in [0.15, 0.2) is 24.3 Å². The molecule has 0 saturated heterocycles. The van der Waals surface area contributed by atoms with Crippen LogP contribution in [0, 0.1) is 5.92 Å². The molecule has 0 aliphatic heterocycles. The van der Waals surface area contributed by atoms with E-state index < -0.39 is 0 Å². The van der Waals surface area contributed by atoms with Crippen molar-refractivity contribution in [2.45, 2.75) is 13.8 Å². The third-order valence-electron chi connectivity index (χ3n) is 2.53. The molecule has 18 heavy (non-hydrogen) atoms. The lowest BCUT2D eigenvalue weighted by Crippen LogP contribution is -2.17. The van der Waals surface area contributed by atoms with Crippen LogP contribution in [0.25, 0.3) is 11.4 Å². The molecule has 0 radical (unpaired) electrons. The van der Waals surface area contributed by atoms with Gasteiger partial charge in [0.15, 0.2) is 5.82 Å². The van der Waals surface area contributed by atoms with Crippen LogP contribution < -0.4 is 5.32 Å². The number of hydrogen-bond acceptors (Lipinski definition) is 4. The van der Waals surface area contributed by atoms with Gasteiger partial charge in [-0.25, -0.2) is 4.68 Å². The SMILES string of the molecule is CC(C)C(=O)Nc1cccc(-c2nnnn2C)c1. The molecule has 94 valence electrons. The van der Waals surface area contributed by atoms with E-state index in [0.717, 1.165) is 11.3 Å². The zero-order valence-corrected chi connectivity index (χ0v) is 10.6. The minimum Gasteiger partial charge on any atom is -0.326 e. The van der Waals surface area contributed by atoms with Crippen LogP contribution in [-0.4, -0.2) is 26.1 Å². The number of anilines is 1. The third kappa shape index (κ3) is 2.53. The number of amides is 1. The highest BCUT2D eigenvalue weighted by Gasteiger charge is 2.09. The number of hydrogen-bond donors (Lipinski definition) is 1. The van der Waals surface area contributed by atoms with Gasteiger partial charge in [0.2, 0.25) is 5.91 Å². The molecule has 2 rings (SSSR count). The topological polar surface area (TPSA) is 72.7 Å².